The smallest absolute Gasteiger partial charge is 0.142 e. The summed E-state index contributed by atoms with van der Waals surface area (Å²) in [5, 5.41) is 3.65. The highest BCUT2D eigenvalue weighted by atomic mass is 16.5. The fraction of sp³-hybridized carbons (Fsp3) is 0.346. The minimum absolute atomic E-state index is 0.00114. The summed E-state index contributed by atoms with van der Waals surface area (Å²) in [6.45, 7) is 2.83. The average Bonchev–Trinajstić information content (AvgIpc) is 3.07. The van der Waals surface area contributed by atoms with Gasteiger partial charge in [-0.2, -0.15) is 0 Å². The summed E-state index contributed by atoms with van der Waals surface area (Å²) in [5.74, 6) is 1.84. The van der Waals surface area contributed by atoms with Crippen LogP contribution < -0.4 is 19.7 Å². The number of benzene rings is 2. The van der Waals surface area contributed by atoms with Crippen LogP contribution in [0.5, 0.6) is 11.5 Å². The summed E-state index contributed by atoms with van der Waals surface area (Å²) in [4.78, 5) is 6.72. The lowest BCUT2D eigenvalue weighted by atomic mass is 9.74. The van der Waals surface area contributed by atoms with Gasteiger partial charge in [-0.25, -0.2) is 0 Å². The quantitative estimate of drug-likeness (QED) is 0.577. The summed E-state index contributed by atoms with van der Waals surface area (Å²) < 4.78 is 11.2. The molecule has 2 aromatic carbocycles. The van der Waals surface area contributed by atoms with Gasteiger partial charge in [0.15, 0.2) is 0 Å². The molecule has 5 heteroatoms. The highest BCUT2D eigenvalue weighted by Crippen LogP contribution is 2.39. The second-order valence-electron chi connectivity index (χ2n) is 8.12. The molecule has 1 aliphatic rings. The number of nitrogens with zero attached hydrogens (tertiary/aromatic N) is 2. The second-order valence-corrected chi connectivity index (χ2v) is 8.12. The van der Waals surface area contributed by atoms with Crippen LogP contribution >= 0.6 is 0 Å². The minimum atomic E-state index is 0.00114. The molecule has 1 unspecified atom stereocenters. The highest BCUT2D eigenvalue weighted by Gasteiger charge is 2.35. The number of pyridine rings is 1. The van der Waals surface area contributed by atoms with Crippen molar-refractivity contribution < 1.29 is 9.47 Å². The van der Waals surface area contributed by atoms with Gasteiger partial charge in [0.2, 0.25) is 0 Å². The van der Waals surface area contributed by atoms with Crippen molar-refractivity contribution >= 4 is 11.4 Å². The Kier molecular flexibility index (Phi) is 6.60. The van der Waals surface area contributed by atoms with Crippen molar-refractivity contribution in [2.45, 2.75) is 24.7 Å². The van der Waals surface area contributed by atoms with E-state index in [1.165, 1.54) is 11.3 Å². The molecule has 2 heterocycles. The predicted octanol–water partition coefficient (Wildman–Crippen LogP) is 5.14. The average molecular weight is 418 g/mol. The van der Waals surface area contributed by atoms with Crippen molar-refractivity contribution in [3.05, 3.63) is 78.6 Å². The largest absolute Gasteiger partial charge is 0.497 e. The van der Waals surface area contributed by atoms with E-state index in [4.69, 9.17) is 9.47 Å². The topological polar surface area (TPSA) is 46.6 Å². The number of hydrogen-bond acceptors (Lipinski definition) is 5. The number of ether oxygens (including phenoxy) is 2. The Balaban J connectivity index is 1.62. The Hall–Kier alpha value is -3.21. The van der Waals surface area contributed by atoms with Crippen molar-refractivity contribution in [1.82, 2.24) is 4.98 Å². The normalized spacial score (nSPS) is 18.8. The van der Waals surface area contributed by atoms with Crippen molar-refractivity contribution in [3.8, 4) is 11.5 Å². The van der Waals surface area contributed by atoms with E-state index < -0.39 is 0 Å². The first kappa shape index (κ1) is 21.0. The first-order chi connectivity index (χ1) is 15.2. The van der Waals surface area contributed by atoms with Gasteiger partial charge in [-0.1, -0.05) is 24.3 Å². The van der Waals surface area contributed by atoms with Gasteiger partial charge in [0, 0.05) is 37.4 Å². The van der Waals surface area contributed by atoms with Crippen LogP contribution in [0.4, 0.5) is 11.4 Å². The number of nitrogens with one attached hydrogen (secondary N) is 1. The van der Waals surface area contributed by atoms with Crippen molar-refractivity contribution in [3.63, 3.8) is 0 Å². The number of para-hydroxylation sites is 2. The van der Waals surface area contributed by atoms with E-state index >= 15 is 0 Å². The van der Waals surface area contributed by atoms with Gasteiger partial charge in [0.05, 0.1) is 25.6 Å². The Bertz CT molecular complexity index is 979. The van der Waals surface area contributed by atoms with Gasteiger partial charge < -0.3 is 19.7 Å². The van der Waals surface area contributed by atoms with E-state index in [0.717, 1.165) is 56.1 Å². The zero-order valence-electron chi connectivity index (χ0n) is 18.4. The van der Waals surface area contributed by atoms with Crippen molar-refractivity contribution in [2.75, 3.05) is 44.1 Å². The molecule has 1 aromatic heterocycles. The maximum absolute atomic E-state index is 5.63. The molecule has 1 aliphatic heterocycles. The molecule has 31 heavy (non-hydrogen) atoms. The molecular weight excluding hydrogens is 386 g/mol. The van der Waals surface area contributed by atoms with E-state index in [1.807, 2.05) is 30.5 Å². The molecule has 162 valence electrons. The predicted molar refractivity (Wildman–Crippen MR) is 126 cm³/mol. The summed E-state index contributed by atoms with van der Waals surface area (Å²) in [6, 6.07) is 20.9. The number of rotatable bonds is 7. The van der Waals surface area contributed by atoms with E-state index in [-0.39, 0.29) is 5.41 Å². The molecule has 4 rings (SSSR count). The van der Waals surface area contributed by atoms with Crippen LogP contribution in [0.15, 0.2) is 73.1 Å². The molecule has 1 N–H and O–H groups in total. The third-order valence-electron chi connectivity index (χ3n) is 6.34. The summed E-state index contributed by atoms with van der Waals surface area (Å²) >= 11 is 0. The number of hydrogen-bond donors (Lipinski definition) is 1. The van der Waals surface area contributed by atoms with E-state index in [9.17, 15) is 0 Å². The molecule has 0 aliphatic carbocycles. The maximum atomic E-state index is 5.63. The van der Waals surface area contributed by atoms with Crippen LogP contribution in [0, 0.1) is 0 Å². The van der Waals surface area contributed by atoms with Gasteiger partial charge in [0.25, 0.3) is 0 Å². The number of methoxy groups -OCH3 is 2. The first-order valence-electron chi connectivity index (χ1n) is 10.9. The Morgan fingerprint density at radius 3 is 2.68 bits per heavy atom. The third-order valence-corrected chi connectivity index (χ3v) is 6.34. The maximum Gasteiger partial charge on any atom is 0.142 e. The zero-order chi connectivity index (χ0) is 21.5. The summed E-state index contributed by atoms with van der Waals surface area (Å²) in [7, 11) is 3.48. The summed E-state index contributed by atoms with van der Waals surface area (Å²) in [6.07, 6.45) is 6.92. The highest BCUT2D eigenvalue weighted by molar-refractivity contribution is 5.58. The fourth-order valence-corrected chi connectivity index (χ4v) is 4.59. The second kappa shape index (κ2) is 9.73. The SMILES string of the molecule is COc1cccc(C2(CNc3cccnc3)CCCN(c3ccccc3OC)CC2)c1. The molecule has 1 saturated heterocycles. The monoisotopic (exact) mass is 417 g/mol. The van der Waals surface area contributed by atoms with Gasteiger partial charge in [-0.05, 0) is 61.2 Å². The Morgan fingerprint density at radius 2 is 1.87 bits per heavy atom. The molecular formula is C26H31N3O2. The van der Waals surface area contributed by atoms with Gasteiger partial charge >= 0.3 is 0 Å². The standard InChI is InChI=1S/C26H31N3O2/c1-30-23-10-5-8-21(18-23)26(20-28-22-9-6-15-27-19-22)13-7-16-29(17-14-26)24-11-3-4-12-25(24)31-2/h3-6,8-12,15,18-19,28H,7,13-14,16-17,20H2,1-2H3. The lowest BCUT2D eigenvalue weighted by molar-refractivity contribution is 0.391. The van der Waals surface area contributed by atoms with Gasteiger partial charge in [-0.3, -0.25) is 4.98 Å². The van der Waals surface area contributed by atoms with Crippen LogP contribution in [-0.2, 0) is 5.41 Å². The number of aromatic nitrogens is 1. The minimum Gasteiger partial charge on any atom is -0.497 e. The zero-order valence-corrected chi connectivity index (χ0v) is 18.4. The number of anilines is 2. The van der Waals surface area contributed by atoms with E-state index in [1.54, 1.807) is 20.4 Å². The van der Waals surface area contributed by atoms with Crippen LogP contribution in [0.3, 0.4) is 0 Å². The molecule has 0 bridgehead atoms. The lowest BCUT2D eigenvalue weighted by Gasteiger charge is -2.34. The molecule has 0 radical (unpaired) electrons. The molecule has 3 aromatic rings. The van der Waals surface area contributed by atoms with Gasteiger partial charge in [-0.15, -0.1) is 0 Å². The van der Waals surface area contributed by atoms with E-state index in [0.29, 0.717) is 0 Å². The van der Waals surface area contributed by atoms with Crippen LogP contribution in [0.25, 0.3) is 0 Å². The van der Waals surface area contributed by atoms with Crippen LogP contribution in [0.1, 0.15) is 24.8 Å². The Labute approximate surface area is 185 Å². The first-order valence-corrected chi connectivity index (χ1v) is 10.9. The lowest BCUT2D eigenvalue weighted by Crippen LogP contribution is -2.36. The molecule has 5 nitrogen and oxygen atoms in total. The molecule has 1 fully saturated rings. The summed E-state index contributed by atoms with van der Waals surface area (Å²) in [5.41, 5.74) is 3.55. The van der Waals surface area contributed by atoms with Crippen molar-refractivity contribution in [1.29, 1.82) is 0 Å². The third kappa shape index (κ3) is 4.76. The fourth-order valence-electron chi connectivity index (χ4n) is 4.59. The molecule has 0 amide bonds. The van der Waals surface area contributed by atoms with E-state index in [2.05, 4.69) is 51.6 Å². The van der Waals surface area contributed by atoms with Crippen molar-refractivity contribution in [2.24, 2.45) is 0 Å². The molecule has 1 atom stereocenters. The van der Waals surface area contributed by atoms with Gasteiger partial charge in [0.1, 0.15) is 11.5 Å². The molecule has 0 spiro atoms. The van der Waals surface area contributed by atoms with Crippen LogP contribution in [-0.4, -0.2) is 38.8 Å². The van der Waals surface area contributed by atoms with Crippen LogP contribution in [0.2, 0.25) is 0 Å². The Morgan fingerprint density at radius 1 is 0.968 bits per heavy atom. The molecule has 0 saturated carbocycles.